The monoisotopic (exact) mass is 638 g/mol. The summed E-state index contributed by atoms with van der Waals surface area (Å²) in [5.41, 5.74) is 10.1. The molecule has 2 heteroatoms. The van der Waals surface area contributed by atoms with Crippen LogP contribution in [0.25, 0.3) is 82.1 Å². The molecule has 0 N–H and O–H groups in total. The number of furan rings is 1. The zero-order valence-electron chi connectivity index (χ0n) is 27.2. The Balaban J connectivity index is 0.978. The van der Waals surface area contributed by atoms with Crippen LogP contribution in [0.2, 0.25) is 0 Å². The molecular weight excluding hydrogens is 609 g/mol. The summed E-state index contributed by atoms with van der Waals surface area (Å²) in [5.74, 6) is 2.11. The summed E-state index contributed by atoms with van der Waals surface area (Å²) in [4.78, 5) is 0. The van der Waals surface area contributed by atoms with Gasteiger partial charge in [-0.3, -0.25) is 0 Å². The molecule has 0 fully saturated rings. The lowest BCUT2D eigenvalue weighted by atomic mass is 9.86. The Bertz CT molecular complexity index is 2930. The largest absolute Gasteiger partial charge is 0.456 e. The van der Waals surface area contributed by atoms with Gasteiger partial charge in [0.15, 0.2) is 0 Å². The van der Waals surface area contributed by atoms with Crippen molar-refractivity contribution < 1.29 is 9.15 Å². The molecule has 8 aromatic carbocycles. The second-order valence-electron chi connectivity index (χ2n) is 13.6. The Morgan fingerprint density at radius 3 is 2.18 bits per heavy atom. The molecular formula is C48H30O2. The minimum atomic E-state index is 0.363. The first-order chi connectivity index (χ1) is 24.7. The first-order valence-electron chi connectivity index (χ1n) is 17.3. The van der Waals surface area contributed by atoms with E-state index in [4.69, 9.17) is 9.15 Å². The van der Waals surface area contributed by atoms with Crippen molar-refractivity contribution in [2.75, 3.05) is 0 Å². The van der Waals surface area contributed by atoms with Crippen molar-refractivity contribution in [3.8, 4) is 33.8 Å². The van der Waals surface area contributed by atoms with E-state index < -0.39 is 0 Å². The van der Waals surface area contributed by atoms with Crippen LogP contribution in [0.3, 0.4) is 0 Å². The predicted molar refractivity (Wildman–Crippen MR) is 208 cm³/mol. The van der Waals surface area contributed by atoms with Crippen LogP contribution in [0, 0.1) is 0 Å². The smallest absolute Gasteiger partial charge is 0.136 e. The summed E-state index contributed by atoms with van der Waals surface area (Å²) in [5, 5.41) is 9.65. The molecule has 50 heavy (non-hydrogen) atoms. The topological polar surface area (TPSA) is 22.4 Å². The molecule has 1 atom stereocenters. The number of benzene rings is 8. The number of allylic oxidation sites excluding steroid dienone is 4. The van der Waals surface area contributed by atoms with Crippen LogP contribution in [-0.4, -0.2) is 0 Å². The second kappa shape index (κ2) is 10.6. The molecule has 1 aliphatic carbocycles. The lowest BCUT2D eigenvalue weighted by Gasteiger charge is -2.22. The van der Waals surface area contributed by atoms with E-state index in [0.29, 0.717) is 5.92 Å². The fourth-order valence-corrected chi connectivity index (χ4v) is 8.33. The van der Waals surface area contributed by atoms with Crippen molar-refractivity contribution in [1.82, 2.24) is 0 Å². The number of fused-ring (bicyclic) bond motifs is 8. The van der Waals surface area contributed by atoms with Gasteiger partial charge in [0, 0.05) is 33.2 Å². The van der Waals surface area contributed by atoms with Crippen LogP contribution in [0.4, 0.5) is 0 Å². The van der Waals surface area contributed by atoms with E-state index in [1.807, 2.05) is 0 Å². The molecule has 0 bridgehead atoms. The molecule has 1 aromatic heterocycles. The zero-order chi connectivity index (χ0) is 32.8. The molecule has 0 amide bonds. The third-order valence-corrected chi connectivity index (χ3v) is 10.8. The molecule has 0 saturated heterocycles. The summed E-state index contributed by atoms with van der Waals surface area (Å²) in [6.45, 7) is 0. The summed E-state index contributed by atoms with van der Waals surface area (Å²) >= 11 is 0. The highest BCUT2D eigenvalue weighted by molar-refractivity contribution is 6.24. The molecule has 0 radical (unpaired) electrons. The van der Waals surface area contributed by atoms with Gasteiger partial charge < -0.3 is 9.15 Å². The number of rotatable bonds is 3. The quantitative estimate of drug-likeness (QED) is 0.192. The lowest BCUT2D eigenvalue weighted by molar-refractivity contribution is 0.487. The Hall–Kier alpha value is -6.38. The fourth-order valence-electron chi connectivity index (χ4n) is 8.33. The van der Waals surface area contributed by atoms with Crippen LogP contribution >= 0.6 is 0 Å². The Kier molecular flexibility index (Phi) is 5.82. The normalized spacial score (nSPS) is 15.1. The van der Waals surface area contributed by atoms with E-state index in [-0.39, 0.29) is 0 Å². The Morgan fingerprint density at radius 2 is 1.26 bits per heavy atom. The summed E-state index contributed by atoms with van der Waals surface area (Å²) in [7, 11) is 0. The van der Waals surface area contributed by atoms with Crippen molar-refractivity contribution in [3.63, 3.8) is 0 Å². The van der Waals surface area contributed by atoms with Crippen molar-refractivity contribution >= 4 is 59.8 Å². The van der Waals surface area contributed by atoms with E-state index >= 15 is 0 Å². The van der Waals surface area contributed by atoms with Crippen LogP contribution in [0.1, 0.15) is 23.5 Å². The van der Waals surface area contributed by atoms with Crippen LogP contribution in [0.5, 0.6) is 11.5 Å². The fraction of sp³-hybridized carbons (Fsp3) is 0.0417. The van der Waals surface area contributed by atoms with Gasteiger partial charge in [0.25, 0.3) is 0 Å². The van der Waals surface area contributed by atoms with E-state index in [9.17, 15) is 0 Å². The number of hydrogen-bond donors (Lipinski definition) is 0. The van der Waals surface area contributed by atoms with Crippen LogP contribution < -0.4 is 4.74 Å². The molecule has 1 aliphatic heterocycles. The average Bonchev–Trinajstić information content (AvgIpc) is 3.55. The van der Waals surface area contributed by atoms with Gasteiger partial charge in [-0.1, -0.05) is 121 Å². The van der Waals surface area contributed by atoms with Gasteiger partial charge in [-0.05, 0) is 104 Å². The van der Waals surface area contributed by atoms with E-state index in [2.05, 4.69) is 164 Å². The molecule has 2 heterocycles. The van der Waals surface area contributed by atoms with Crippen molar-refractivity contribution in [1.29, 1.82) is 0 Å². The highest BCUT2D eigenvalue weighted by Gasteiger charge is 2.25. The Labute approximate surface area is 289 Å². The molecule has 0 saturated carbocycles. The van der Waals surface area contributed by atoms with E-state index in [1.54, 1.807) is 0 Å². The minimum absolute atomic E-state index is 0.363. The second-order valence-corrected chi connectivity index (χ2v) is 13.6. The predicted octanol–water partition coefficient (Wildman–Crippen LogP) is 13.6. The third kappa shape index (κ3) is 4.15. The van der Waals surface area contributed by atoms with Gasteiger partial charge in [-0.2, -0.15) is 0 Å². The summed E-state index contributed by atoms with van der Waals surface area (Å²) < 4.78 is 13.3. The first-order valence-corrected chi connectivity index (χ1v) is 17.3. The van der Waals surface area contributed by atoms with Gasteiger partial charge in [0.2, 0.25) is 0 Å². The van der Waals surface area contributed by atoms with Crippen LogP contribution in [-0.2, 0) is 0 Å². The number of ether oxygens (including phenoxy) is 1. The Morgan fingerprint density at radius 1 is 0.480 bits per heavy atom. The maximum absolute atomic E-state index is 6.69. The SMILES string of the molecule is C1=CC(c2cccc3ccccc23)CC=C1c1ccc2c(c1)oc1cc3c4c(cccc4c12)Oc1cc(-c2ccc4ccccc4c2)ccc1-3. The van der Waals surface area contributed by atoms with E-state index in [0.717, 1.165) is 67.3 Å². The zero-order valence-corrected chi connectivity index (χ0v) is 27.2. The first kappa shape index (κ1) is 27.6. The van der Waals surface area contributed by atoms with Crippen molar-refractivity contribution in [2.24, 2.45) is 0 Å². The standard InChI is InChI=1S/C48H30O2/c1-2-9-33-25-34(20-17-29(33)7-1)36-21-23-39-42-28-46-47(41-13-6-14-43(48(41)42)49-44(39)27-36)40-24-22-35(26-45(40)50-46)30-15-18-32(19-16-30)38-12-5-10-31-8-3-4-11-37(31)38/h1-18,20-28,32H,19H2. The molecule has 0 spiro atoms. The maximum Gasteiger partial charge on any atom is 0.136 e. The third-order valence-electron chi connectivity index (χ3n) is 10.8. The lowest BCUT2D eigenvalue weighted by Crippen LogP contribution is -1.99. The molecule has 1 unspecified atom stereocenters. The van der Waals surface area contributed by atoms with Crippen molar-refractivity contribution in [2.45, 2.75) is 12.3 Å². The molecule has 9 aromatic rings. The molecule has 234 valence electrons. The highest BCUT2D eigenvalue weighted by atomic mass is 16.5. The van der Waals surface area contributed by atoms with Crippen molar-refractivity contribution in [3.05, 3.63) is 175 Å². The minimum Gasteiger partial charge on any atom is -0.456 e. The number of hydrogen-bond acceptors (Lipinski definition) is 2. The van der Waals surface area contributed by atoms with Crippen LogP contribution in [0.15, 0.2) is 168 Å². The molecule has 2 nitrogen and oxygen atoms in total. The summed E-state index contributed by atoms with van der Waals surface area (Å²) in [6, 6.07) is 52.3. The molecule has 2 aliphatic rings. The van der Waals surface area contributed by atoms with Gasteiger partial charge in [-0.25, -0.2) is 0 Å². The van der Waals surface area contributed by atoms with Gasteiger partial charge in [-0.15, -0.1) is 0 Å². The summed E-state index contributed by atoms with van der Waals surface area (Å²) in [6.07, 6.45) is 7.98. The molecule has 11 rings (SSSR count). The van der Waals surface area contributed by atoms with Gasteiger partial charge in [0.05, 0.1) is 0 Å². The van der Waals surface area contributed by atoms with E-state index in [1.165, 1.54) is 43.8 Å². The maximum atomic E-state index is 6.69. The average molecular weight is 639 g/mol. The highest BCUT2D eigenvalue weighted by Crippen LogP contribution is 2.51. The van der Waals surface area contributed by atoms with Gasteiger partial charge in [0.1, 0.15) is 22.7 Å². The van der Waals surface area contributed by atoms with Gasteiger partial charge >= 0.3 is 0 Å².